The van der Waals surface area contributed by atoms with Crippen LogP contribution in [0.2, 0.25) is 0 Å². The van der Waals surface area contributed by atoms with Crippen LogP contribution in [0, 0.1) is 5.92 Å². The predicted molar refractivity (Wildman–Crippen MR) is 92.4 cm³/mol. The Labute approximate surface area is 140 Å². The SMILES string of the molecule is CC(=N[NH+]=C(N)N)C1CCCCCCCCCCC1.CC(=O)[O-]. The molecule has 5 N–H and O–H groups in total. The summed E-state index contributed by atoms with van der Waals surface area (Å²) in [4.78, 5) is 8.89. The second-order valence-corrected chi connectivity index (χ2v) is 6.27. The molecule has 0 aromatic rings. The van der Waals surface area contributed by atoms with Gasteiger partial charge in [0, 0.05) is 11.9 Å². The van der Waals surface area contributed by atoms with E-state index in [0.29, 0.717) is 5.92 Å². The van der Waals surface area contributed by atoms with Gasteiger partial charge in [-0.1, -0.05) is 57.8 Å². The first-order chi connectivity index (χ1) is 10.9. The highest BCUT2D eigenvalue weighted by Gasteiger charge is 2.13. The lowest BCUT2D eigenvalue weighted by atomic mass is 9.90. The van der Waals surface area contributed by atoms with Crippen molar-refractivity contribution in [3.63, 3.8) is 0 Å². The Kier molecular flexibility index (Phi) is 13.1. The summed E-state index contributed by atoms with van der Waals surface area (Å²) in [5, 5.41) is 15.9. The normalized spacial score (nSPS) is 18.6. The van der Waals surface area contributed by atoms with E-state index in [0.717, 1.165) is 12.6 Å². The van der Waals surface area contributed by atoms with Gasteiger partial charge in [-0.05, 0) is 26.7 Å². The summed E-state index contributed by atoms with van der Waals surface area (Å²) in [6.45, 7) is 3.06. The van der Waals surface area contributed by atoms with Gasteiger partial charge in [0.1, 0.15) is 0 Å². The second-order valence-electron chi connectivity index (χ2n) is 6.27. The third-order valence-corrected chi connectivity index (χ3v) is 4.06. The number of aliphatic carboxylic acids is 1. The number of carbonyl (C=O) groups is 1. The van der Waals surface area contributed by atoms with E-state index in [-0.39, 0.29) is 5.96 Å². The van der Waals surface area contributed by atoms with Crippen LogP contribution in [0.4, 0.5) is 0 Å². The van der Waals surface area contributed by atoms with E-state index < -0.39 is 5.97 Å². The summed E-state index contributed by atoms with van der Waals surface area (Å²) in [5.74, 6) is -0.321. The van der Waals surface area contributed by atoms with Crippen LogP contribution in [0.1, 0.15) is 84.5 Å². The summed E-state index contributed by atoms with van der Waals surface area (Å²) in [7, 11) is 0. The third kappa shape index (κ3) is 15.1. The fourth-order valence-corrected chi connectivity index (χ4v) is 2.83. The Morgan fingerprint density at radius 3 is 1.61 bits per heavy atom. The number of hydrogen-bond acceptors (Lipinski definition) is 3. The molecular weight excluding hydrogens is 292 g/mol. The smallest absolute Gasteiger partial charge is 0.362 e. The van der Waals surface area contributed by atoms with E-state index >= 15 is 0 Å². The topological polar surface area (TPSA) is 118 Å². The van der Waals surface area contributed by atoms with Crippen LogP contribution in [0.25, 0.3) is 0 Å². The molecule has 0 aliphatic heterocycles. The summed E-state index contributed by atoms with van der Waals surface area (Å²) in [6, 6.07) is 0. The molecule has 1 saturated carbocycles. The molecule has 1 aliphatic rings. The second kappa shape index (κ2) is 14.0. The van der Waals surface area contributed by atoms with Gasteiger partial charge >= 0.3 is 5.96 Å². The number of hydrazone groups is 1. The molecule has 6 heteroatoms. The Morgan fingerprint density at radius 1 is 0.913 bits per heavy atom. The molecule has 134 valence electrons. The maximum atomic E-state index is 8.89. The summed E-state index contributed by atoms with van der Waals surface area (Å²) in [6.07, 6.45) is 14.9. The van der Waals surface area contributed by atoms with Crippen molar-refractivity contribution in [2.24, 2.45) is 22.5 Å². The maximum Gasteiger partial charge on any atom is 0.362 e. The molecule has 0 bridgehead atoms. The number of nitrogens with two attached hydrogens (primary N) is 2. The number of carboxylic acid groups (broad SMARTS) is 1. The highest BCUT2D eigenvalue weighted by atomic mass is 16.4. The number of carboxylic acids is 1. The van der Waals surface area contributed by atoms with Gasteiger partial charge < -0.3 is 9.90 Å². The minimum absolute atomic E-state index is 0.174. The van der Waals surface area contributed by atoms with Gasteiger partial charge in [0.25, 0.3) is 0 Å². The quantitative estimate of drug-likeness (QED) is 0.386. The van der Waals surface area contributed by atoms with Gasteiger partial charge in [0.2, 0.25) is 0 Å². The lowest BCUT2D eigenvalue weighted by Gasteiger charge is -2.16. The Balaban J connectivity index is 0.00000108. The lowest BCUT2D eigenvalue weighted by molar-refractivity contribution is -0.464. The Morgan fingerprint density at radius 2 is 1.26 bits per heavy atom. The van der Waals surface area contributed by atoms with E-state index in [1.807, 2.05) is 0 Å². The molecule has 0 spiro atoms. The highest BCUT2D eigenvalue weighted by Crippen LogP contribution is 2.21. The van der Waals surface area contributed by atoms with Gasteiger partial charge in [-0.2, -0.15) is 5.10 Å². The van der Waals surface area contributed by atoms with Crippen molar-refractivity contribution in [3.8, 4) is 0 Å². The fourth-order valence-electron chi connectivity index (χ4n) is 2.83. The van der Waals surface area contributed by atoms with Crippen molar-refractivity contribution in [2.75, 3.05) is 0 Å². The number of rotatable bonds is 2. The van der Waals surface area contributed by atoms with Crippen molar-refractivity contribution < 1.29 is 15.0 Å². The summed E-state index contributed by atoms with van der Waals surface area (Å²) >= 11 is 0. The van der Waals surface area contributed by atoms with Crippen molar-refractivity contribution in [1.29, 1.82) is 0 Å². The lowest BCUT2D eigenvalue weighted by Crippen LogP contribution is -2.73. The van der Waals surface area contributed by atoms with Crippen molar-refractivity contribution >= 4 is 17.6 Å². The van der Waals surface area contributed by atoms with Crippen molar-refractivity contribution in [2.45, 2.75) is 84.5 Å². The molecule has 1 aliphatic carbocycles. The van der Waals surface area contributed by atoms with Crippen LogP contribution in [0.3, 0.4) is 0 Å². The van der Waals surface area contributed by atoms with E-state index in [2.05, 4.69) is 17.1 Å². The molecule has 0 radical (unpaired) electrons. The molecule has 0 atom stereocenters. The standard InChI is InChI=1S/C15H30N4.C2H4O2/c1-13(18-19-15(16)17)14-11-9-7-5-3-2-4-6-8-10-12-14;1-2(3)4/h14H,2-12H2,1H3,(H4,16,17,19);1H3,(H,3,4). The molecule has 0 heterocycles. The van der Waals surface area contributed by atoms with E-state index in [1.54, 1.807) is 0 Å². The minimum Gasteiger partial charge on any atom is -0.550 e. The van der Waals surface area contributed by atoms with E-state index in [9.17, 15) is 0 Å². The fraction of sp³-hybridized carbons (Fsp3) is 0.824. The first kappa shape index (κ1) is 21.4. The molecule has 23 heavy (non-hydrogen) atoms. The van der Waals surface area contributed by atoms with E-state index in [1.165, 1.54) is 70.6 Å². The molecule has 1 fully saturated rings. The zero-order valence-corrected chi connectivity index (χ0v) is 14.8. The van der Waals surface area contributed by atoms with Gasteiger partial charge in [-0.3, -0.25) is 11.5 Å². The van der Waals surface area contributed by atoms with Crippen molar-refractivity contribution in [3.05, 3.63) is 0 Å². The molecule has 0 unspecified atom stereocenters. The average Bonchev–Trinajstić information content (AvgIpc) is 2.44. The first-order valence-electron chi connectivity index (χ1n) is 8.79. The van der Waals surface area contributed by atoms with E-state index in [4.69, 9.17) is 21.4 Å². The molecule has 0 saturated heterocycles. The van der Waals surface area contributed by atoms with Crippen LogP contribution in [-0.2, 0) is 4.79 Å². The van der Waals surface area contributed by atoms with Gasteiger partial charge in [-0.25, -0.2) is 0 Å². The number of carbonyl (C=O) groups excluding carboxylic acids is 1. The third-order valence-electron chi connectivity index (χ3n) is 4.06. The molecule has 6 nitrogen and oxygen atoms in total. The van der Waals surface area contributed by atoms with Gasteiger partial charge in [-0.15, -0.1) is 5.10 Å². The highest BCUT2D eigenvalue weighted by molar-refractivity contribution is 5.83. The molecular formula is C17H34N4O2. The molecule has 0 aromatic carbocycles. The number of hydrogen-bond donors (Lipinski definition) is 3. The molecule has 1 rings (SSSR count). The summed E-state index contributed by atoms with van der Waals surface area (Å²) < 4.78 is 0. The van der Waals surface area contributed by atoms with Gasteiger partial charge in [0.05, 0.1) is 5.71 Å². The van der Waals surface area contributed by atoms with Crippen LogP contribution in [0.15, 0.2) is 5.10 Å². The van der Waals surface area contributed by atoms with Crippen LogP contribution in [-0.4, -0.2) is 17.6 Å². The zero-order chi connectivity index (χ0) is 17.5. The maximum absolute atomic E-state index is 8.89. The molecule has 0 aromatic heterocycles. The van der Waals surface area contributed by atoms with Crippen LogP contribution < -0.4 is 21.7 Å². The first-order valence-corrected chi connectivity index (χ1v) is 8.79. The monoisotopic (exact) mass is 326 g/mol. The largest absolute Gasteiger partial charge is 0.550 e. The molecule has 0 amide bonds. The van der Waals surface area contributed by atoms with Crippen molar-refractivity contribution in [1.82, 2.24) is 0 Å². The van der Waals surface area contributed by atoms with Crippen LogP contribution >= 0.6 is 0 Å². The Hall–Kier alpha value is -1.59. The average molecular weight is 326 g/mol. The van der Waals surface area contributed by atoms with Gasteiger partial charge in [0.15, 0.2) is 0 Å². The Bertz CT molecular complexity index is 361. The number of nitrogens with one attached hydrogen (secondary N) is 1. The number of nitrogens with zero attached hydrogens (tertiary/aromatic N) is 1. The number of guanidine groups is 1. The van der Waals surface area contributed by atoms with Crippen LogP contribution in [0.5, 0.6) is 0 Å². The summed E-state index contributed by atoms with van der Waals surface area (Å²) in [5.41, 5.74) is 11.9. The predicted octanol–water partition coefficient (Wildman–Crippen LogP) is 0.393. The zero-order valence-electron chi connectivity index (χ0n) is 14.8. The minimum atomic E-state index is -1.08.